The molecule has 30 heavy (non-hydrogen) atoms. The Balaban J connectivity index is 2.00. The van der Waals surface area contributed by atoms with E-state index in [0.717, 1.165) is 24.3 Å². The minimum atomic E-state index is -4.71. The van der Waals surface area contributed by atoms with E-state index < -0.39 is 35.1 Å². The second kappa shape index (κ2) is 9.07. The van der Waals surface area contributed by atoms with Crippen molar-refractivity contribution in [2.24, 2.45) is 0 Å². The smallest absolute Gasteiger partial charge is 0.417 e. The Bertz CT molecular complexity index is 948. The van der Waals surface area contributed by atoms with Crippen molar-refractivity contribution in [1.29, 1.82) is 10.7 Å². The number of hydrogen-bond acceptors (Lipinski definition) is 4. The number of nitrogens with zero attached hydrogens (tertiary/aromatic N) is 1. The number of rotatable bonds is 7. The molecule has 0 aliphatic carbocycles. The van der Waals surface area contributed by atoms with Gasteiger partial charge >= 0.3 is 12.4 Å². The molecule has 0 bridgehead atoms. The molecule has 0 spiro atoms. The fraction of sp³-hybridized carbons (Fsp3) is 0.300. The summed E-state index contributed by atoms with van der Waals surface area (Å²) >= 11 is 0. The third kappa shape index (κ3) is 5.89. The van der Waals surface area contributed by atoms with Gasteiger partial charge in [-0.1, -0.05) is 0 Å². The molecule has 4 nitrogen and oxygen atoms in total. The fourth-order valence-electron chi connectivity index (χ4n) is 2.56. The summed E-state index contributed by atoms with van der Waals surface area (Å²) in [6.07, 6.45) is -9.19. The van der Waals surface area contributed by atoms with E-state index in [-0.39, 0.29) is 30.1 Å². The third-order valence-electron chi connectivity index (χ3n) is 4.03. The van der Waals surface area contributed by atoms with E-state index in [4.69, 9.17) is 20.1 Å². The monoisotopic (exact) mass is 430 g/mol. The second-order valence-corrected chi connectivity index (χ2v) is 6.27. The van der Waals surface area contributed by atoms with Crippen LogP contribution >= 0.6 is 0 Å². The molecular formula is C20H16F6N2O2. The number of nitrogens with one attached hydrogen (secondary N) is 1. The summed E-state index contributed by atoms with van der Waals surface area (Å²) in [4.78, 5) is 0. The molecule has 2 rings (SSSR count). The Kier molecular flexibility index (Phi) is 6.97. The van der Waals surface area contributed by atoms with Crippen LogP contribution in [0.2, 0.25) is 0 Å². The highest BCUT2D eigenvalue weighted by Crippen LogP contribution is 2.35. The summed E-state index contributed by atoms with van der Waals surface area (Å²) in [5.41, 5.74) is -2.94. The molecule has 160 valence electrons. The van der Waals surface area contributed by atoms with E-state index in [0.29, 0.717) is 6.21 Å². The summed E-state index contributed by atoms with van der Waals surface area (Å²) in [5, 5.41) is 15.8. The van der Waals surface area contributed by atoms with Gasteiger partial charge in [0.2, 0.25) is 0 Å². The molecule has 1 unspecified atom stereocenters. The SMILES string of the molecule is CC(CCOc1ccc(C#N)c(C(F)(F)F)c1)Oc1ccc(C=N)c(C(F)(F)F)c1. The highest BCUT2D eigenvalue weighted by atomic mass is 19.4. The summed E-state index contributed by atoms with van der Waals surface area (Å²) in [6.45, 7) is 1.51. The number of halogens is 6. The largest absolute Gasteiger partial charge is 0.493 e. The molecule has 0 fully saturated rings. The van der Waals surface area contributed by atoms with Crippen LogP contribution in [0.3, 0.4) is 0 Å². The van der Waals surface area contributed by atoms with Gasteiger partial charge in [0.25, 0.3) is 0 Å². The molecule has 10 heteroatoms. The van der Waals surface area contributed by atoms with Gasteiger partial charge in [0.05, 0.1) is 35.5 Å². The zero-order valence-corrected chi connectivity index (χ0v) is 15.6. The highest BCUT2D eigenvalue weighted by Gasteiger charge is 2.34. The molecule has 0 aliphatic rings. The predicted octanol–water partition coefficient (Wildman–Crippen LogP) is 5.83. The molecular weight excluding hydrogens is 414 g/mol. The second-order valence-electron chi connectivity index (χ2n) is 6.27. The first-order valence-corrected chi connectivity index (χ1v) is 8.58. The predicted molar refractivity (Wildman–Crippen MR) is 95.7 cm³/mol. The van der Waals surface area contributed by atoms with E-state index in [9.17, 15) is 26.3 Å². The van der Waals surface area contributed by atoms with Crippen LogP contribution in [0.4, 0.5) is 26.3 Å². The average Bonchev–Trinajstić information content (AvgIpc) is 2.66. The van der Waals surface area contributed by atoms with E-state index in [1.165, 1.54) is 18.2 Å². The lowest BCUT2D eigenvalue weighted by atomic mass is 10.1. The van der Waals surface area contributed by atoms with Gasteiger partial charge in [0.15, 0.2) is 0 Å². The summed E-state index contributed by atoms with van der Waals surface area (Å²) in [6, 6.07) is 7.61. The number of ether oxygens (including phenoxy) is 2. The summed E-state index contributed by atoms with van der Waals surface area (Å²) in [7, 11) is 0. The average molecular weight is 430 g/mol. The molecule has 0 heterocycles. The lowest BCUT2D eigenvalue weighted by Gasteiger charge is -2.18. The Morgan fingerprint density at radius 2 is 1.60 bits per heavy atom. The summed E-state index contributed by atoms with van der Waals surface area (Å²) < 4.78 is 88.7. The zero-order chi connectivity index (χ0) is 22.5. The van der Waals surface area contributed by atoms with Crippen molar-refractivity contribution in [1.82, 2.24) is 0 Å². The quantitative estimate of drug-likeness (QED) is 0.444. The van der Waals surface area contributed by atoms with Crippen molar-refractivity contribution < 1.29 is 35.8 Å². The van der Waals surface area contributed by atoms with Crippen LogP contribution in [0.1, 0.15) is 35.6 Å². The molecule has 1 atom stereocenters. The van der Waals surface area contributed by atoms with Crippen molar-refractivity contribution in [3.63, 3.8) is 0 Å². The van der Waals surface area contributed by atoms with Crippen molar-refractivity contribution in [2.45, 2.75) is 31.8 Å². The van der Waals surface area contributed by atoms with E-state index in [1.807, 2.05) is 0 Å². The normalized spacial score (nSPS) is 12.7. The van der Waals surface area contributed by atoms with Gasteiger partial charge in [0.1, 0.15) is 11.5 Å². The van der Waals surface area contributed by atoms with Crippen LogP contribution < -0.4 is 9.47 Å². The van der Waals surface area contributed by atoms with Crippen LogP contribution in [-0.4, -0.2) is 18.9 Å². The van der Waals surface area contributed by atoms with Crippen LogP contribution in [0.5, 0.6) is 11.5 Å². The minimum absolute atomic E-state index is 0.0573. The lowest BCUT2D eigenvalue weighted by molar-refractivity contribution is -0.138. The Morgan fingerprint density at radius 1 is 1.00 bits per heavy atom. The van der Waals surface area contributed by atoms with E-state index in [1.54, 1.807) is 6.92 Å². The van der Waals surface area contributed by atoms with Crippen molar-refractivity contribution in [3.05, 3.63) is 58.7 Å². The van der Waals surface area contributed by atoms with Gasteiger partial charge in [-0.3, -0.25) is 0 Å². The molecule has 2 aromatic rings. The van der Waals surface area contributed by atoms with Crippen LogP contribution in [0.15, 0.2) is 36.4 Å². The number of benzene rings is 2. The number of nitriles is 1. The van der Waals surface area contributed by atoms with Crippen molar-refractivity contribution >= 4 is 6.21 Å². The van der Waals surface area contributed by atoms with Gasteiger partial charge in [-0.25, -0.2) is 0 Å². The van der Waals surface area contributed by atoms with E-state index >= 15 is 0 Å². The molecule has 2 aromatic carbocycles. The Morgan fingerprint density at radius 3 is 2.17 bits per heavy atom. The van der Waals surface area contributed by atoms with Crippen molar-refractivity contribution in [2.75, 3.05) is 6.61 Å². The molecule has 1 N–H and O–H groups in total. The van der Waals surface area contributed by atoms with Gasteiger partial charge in [-0.05, 0) is 43.3 Å². The molecule has 0 aromatic heterocycles. The summed E-state index contributed by atoms with van der Waals surface area (Å²) in [5.74, 6) is -0.152. The maximum absolute atomic E-state index is 13.0. The van der Waals surface area contributed by atoms with Gasteiger partial charge in [-0.2, -0.15) is 31.6 Å². The lowest BCUT2D eigenvalue weighted by Crippen LogP contribution is -2.17. The molecule has 0 aliphatic heterocycles. The van der Waals surface area contributed by atoms with Gasteiger partial charge in [0, 0.05) is 18.2 Å². The first-order chi connectivity index (χ1) is 14.0. The highest BCUT2D eigenvalue weighted by molar-refractivity contribution is 5.80. The van der Waals surface area contributed by atoms with Crippen molar-refractivity contribution in [3.8, 4) is 17.6 Å². The molecule has 0 saturated heterocycles. The van der Waals surface area contributed by atoms with Gasteiger partial charge < -0.3 is 14.9 Å². The number of hydrogen-bond donors (Lipinski definition) is 1. The minimum Gasteiger partial charge on any atom is -0.493 e. The molecule has 0 saturated carbocycles. The zero-order valence-electron chi connectivity index (χ0n) is 15.6. The Hall–Kier alpha value is -3.22. The standard InChI is InChI=1S/C20H16F6N2O2/c1-12(30-16-5-3-14(11-28)18(9-16)20(24,25)26)6-7-29-15-4-2-13(10-27)17(8-15)19(21,22)23/h2-5,8-9,11-12,28H,6-7H2,1H3. The van der Waals surface area contributed by atoms with E-state index in [2.05, 4.69) is 0 Å². The topological polar surface area (TPSA) is 66.1 Å². The van der Waals surface area contributed by atoms with Crippen LogP contribution in [-0.2, 0) is 12.4 Å². The fourth-order valence-corrected chi connectivity index (χ4v) is 2.56. The van der Waals surface area contributed by atoms with Gasteiger partial charge in [-0.15, -0.1) is 0 Å². The first kappa shape index (κ1) is 23.1. The number of alkyl halides is 6. The van der Waals surface area contributed by atoms with Crippen LogP contribution in [0, 0.1) is 16.7 Å². The molecule has 0 radical (unpaired) electrons. The first-order valence-electron chi connectivity index (χ1n) is 8.58. The third-order valence-corrected chi connectivity index (χ3v) is 4.03. The Labute approximate surface area is 168 Å². The maximum Gasteiger partial charge on any atom is 0.417 e. The molecule has 0 amide bonds. The maximum atomic E-state index is 13.0. The van der Waals surface area contributed by atoms with Crippen LogP contribution in [0.25, 0.3) is 0 Å².